The molecule has 0 amide bonds. The zero-order valence-electron chi connectivity index (χ0n) is 12.5. The van der Waals surface area contributed by atoms with Crippen molar-refractivity contribution in [2.24, 2.45) is 5.92 Å². The van der Waals surface area contributed by atoms with Crippen LogP contribution in [0.4, 0.5) is 5.82 Å². The third-order valence-electron chi connectivity index (χ3n) is 2.90. The molecule has 0 spiro atoms. The highest BCUT2D eigenvalue weighted by Crippen LogP contribution is 2.26. The van der Waals surface area contributed by atoms with E-state index in [-0.39, 0.29) is 11.5 Å². The Balaban J connectivity index is 3.21. The molecule has 0 radical (unpaired) electrons. The number of terminal acetylenes is 1. The number of nitrogens with one attached hydrogen (secondary N) is 1. The van der Waals surface area contributed by atoms with Gasteiger partial charge in [-0.3, -0.25) is 0 Å². The standard InChI is InChI=1S/C15H22ClN3/c1-8-11(9(2)3)17-13-10(4)12(16)18-14(19-13)15(5,6)7/h1,9,11H,2-7H3,(H,17,18,19). The van der Waals surface area contributed by atoms with Crippen LogP contribution in [0.5, 0.6) is 0 Å². The summed E-state index contributed by atoms with van der Waals surface area (Å²) < 4.78 is 0. The lowest BCUT2D eigenvalue weighted by atomic mass is 9.95. The molecular formula is C15H22ClN3. The van der Waals surface area contributed by atoms with Gasteiger partial charge in [0.2, 0.25) is 0 Å². The number of aromatic nitrogens is 2. The van der Waals surface area contributed by atoms with E-state index >= 15 is 0 Å². The summed E-state index contributed by atoms with van der Waals surface area (Å²) in [5.74, 6) is 4.49. The molecule has 3 nitrogen and oxygen atoms in total. The summed E-state index contributed by atoms with van der Waals surface area (Å²) in [4.78, 5) is 8.92. The van der Waals surface area contributed by atoms with Gasteiger partial charge in [0.1, 0.15) is 16.8 Å². The number of nitrogens with zero attached hydrogens (tertiary/aromatic N) is 2. The third kappa shape index (κ3) is 3.84. The van der Waals surface area contributed by atoms with Gasteiger partial charge in [-0.25, -0.2) is 9.97 Å². The monoisotopic (exact) mass is 279 g/mol. The summed E-state index contributed by atoms with van der Waals surface area (Å²) in [5.41, 5.74) is 0.674. The molecular weight excluding hydrogens is 258 g/mol. The number of hydrogen-bond acceptors (Lipinski definition) is 3. The second-order valence-corrected chi connectivity index (χ2v) is 6.45. The number of hydrogen-bond donors (Lipinski definition) is 1. The molecule has 4 heteroatoms. The molecule has 1 unspecified atom stereocenters. The Hall–Kier alpha value is -1.27. The Morgan fingerprint density at radius 3 is 2.26 bits per heavy atom. The number of anilines is 1. The van der Waals surface area contributed by atoms with Crippen LogP contribution in [0.1, 0.15) is 46.0 Å². The minimum absolute atomic E-state index is 0.0718. The topological polar surface area (TPSA) is 37.8 Å². The first kappa shape index (κ1) is 15.8. The normalized spacial score (nSPS) is 13.2. The maximum absolute atomic E-state index is 6.19. The summed E-state index contributed by atoms with van der Waals surface area (Å²) in [6, 6.07) is -0.0718. The lowest BCUT2D eigenvalue weighted by molar-refractivity contribution is 0.543. The summed E-state index contributed by atoms with van der Waals surface area (Å²) in [5, 5.41) is 3.75. The van der Waals surface area contributed by atoms with E-state index < -0.39 is 0 Å². The van der Waals surface area contributed by atoms with Gasteiger partial charge >= 0.3 is 0 Å². The summed E-state index contributed by atoms with van der Waals surface area (Å²) in [7, 11) is 0. The van der Waals surface area contributed by atoms with Crippen LogP contribution in [0.15, 0.2) is 0 Å². The smallest absolute Gasteiger partial charge is 0.137 e. The number of halogens is 1. The Kier molecular flexibility index (Phi) is 4.81. The van der Waals surface area contributed by atoms with Crippen molar-refractivity contribution in [2.75, 3.05) is 5.32 Å². The van der Waals surface area contributed by atoms with Crippen LogP contribution in [-0.2, 0) is 5.41 Å². The van der Waals surface area contributed by atoms with Gasteiger partial charge in [0, 0.05) is 11.0 Å². The maximum Gasteiger partial charge on any atom is 0.137 e. The van der Waals surface area contributed by atoms with Gasteiger partial charge in [0.25, 0.3) is 0 Å². The van der Waals surface area contributed by atoms with E-state index in [9.17, 15) is 0 Å². The molecule has 1 heterocycles. The van der Waals surface area contributed by atoms with Crippen LogP contribution in [0.2, 0.25) is 5.15 Å². The van der Waals surface area contributed by atoms with Crippen molar-refractivity contribution in [1.82, 2.24) is 9.97 Å². The highest BCUT2D eigenvalue weighted by molar-refractivity contribution is 6.30. The quantitative estimate of drug-likeness (QED) is 0.675. The van der Waals surface area contributed by atoms with Crippen LogP contribution in [0.25, 0.3) is 0 Å². The molecule has 0 aliphatic heterocycles. The Labute approximate surface area is 121 Å². The predicted molar refractivity (Wildman–Crippen MR) is 81.6 cm³/mol. The van der Waals surface area contributed by atoms with E-state index in [2.05, 4.69) is 55.8 Å². The second-order valence-electron chi connectivity index (χ2n) is 6.09. The van der Waals surface area contributed by atoms with Gasteiger partial charge in [0.15, 0.2) is 0 Å². The average Bonchev–Trinajstić information content (AvgIpc) is 2.28. The van der Waals surface area contributed by atoms with Gasteiger partial charge in [0.05, 0.1) is 6.04 Å². The third-order valence-corrected chi connectivity index (χ3v) is 3.26. The molecule has 1 aromatic heterocycles. The molecule has 0 aromatic carbocycles. The molecule has 104 valence electrons. The lowest BCUT2D eigenvalue weighted by Crippen LogP contribution is -2.26. The van der Waals surface area contributed by atoms with E-state index in [1.54, 1.807) is 0 Å². The summed E-state index contributed by atoms with van der Waals surface area (Å²) >= 11 is 6.19. The Morgan fingerprint density at radius 2 is 1.84 bits per heavy atom. The first-order valence-corrected chi connectivity index (χ1v) is 6.82. The highest BCUT2D eigenvalue weighted by Gasteiger charge is 2.22. The number of rotatable bonds is 3. The van der Waals surface area contributed by atoms with Gasteiger partial charge in [-0.15, -0.1) is 6.42 Å². The van der Waals surface area contributed by atoms with Crippen LogP contribution in [0, 0.1) is 25.2 Å². The fourth-order valence-electron chi connectivity index (χ4n) is 1.51. The maximum atomic E-state index is 6.19. The zero-order chi connectivity index (χ0) is 14.8. The lowest BCUT2D eigenvalue weighted by Gasteiger charge is -2.22. The van der Waals surface area contributed by atoms with Crippen LogP contribution in [-0.4, -0.2) is 16.0 Å². The second kappa shape index (κ2) is 5.79. The van der Waals surface area contributed by atoms with Crippen LogP contribution >= 0.6 is 11.6 Å². The van der Waals surface area contributed by atoms with Gasteiger partial charge in [-0.2, -0.15) is 0 Å². The molecule has 19 heavy (non-hydrogen) atoms. The van der Waals surface area contributed by atoms with Crippen molar-refractivity contribution in [3.63, 3.8) is 0 Å². The molecule has 1 rings (SSSR count). The molecule has 1 aromatic rings. The molecule has 1 atom stereocenters. The molecule has 0 saturated carbocycles. The van der Waals surface area contributed by atoms with E-state index in [0.29, 0.717) is 16.9 Å². The van der Waals surface area contributed by atoms with Crippen molar-refractivity contribution in [3.05, 3.63) is 16.5 Å². The van der Waals surface area contributed by atoms with Crippen molar-refractivity contribution >= 4 is 17.4 Å². The van der Waals surface area contributed by atoms with Crippen LogP contribution in [0.3, 0.4) is 0 Å². The first-order chi connectivity index (χ1) is 8.66. The summed E-state index contributed by atoms with van der Waals surface area (Å²) in [6.45, 7) is 12.2. The van der Waals surface area contributed by atoms with Crippen molar-refractivity contribution < 1.29 is 0 Å². The van der Waals surface area contributed by atoms with Crippen molar-refractivity contribution in [1.29, 1.82) is 0 Å². The molecule has 0 aliphatic rings. The van der Waals surface area contributed by atoms with Crippen LogP contribution < -0.4 is 5.32 Å². The Morgan fingerprint density at radius 1 is 1.26 bits per heavy atom. The molecule has 0 saturated heterocycles. The minimum atomic E-state index is -0.156. The predicted octanol–water partition coefficient (Wildman–Crippen LogP) is 3.81. The van der Waals surface area contributed by atoms with E-state index in [1.165, 1.54) is 0 Å². The minimum Gasteiger partial charge on any atom is -0.356 e. The molecule has 1 N–H and O–H groups in total. The van der Waals surface area contributed by atoms with Gasteiger partial charge in [-0.1, -0.05) is 52.1 Å². The zero-order valence-corrected chi connectivity index (χ0v) is 13.3. The summed E-state index contributed by atoms with van der Waals surface area (Å²) in [6.07, 6.45) is 5.54. The Bertz CT molecular complexity index is 495. The van der Waals surface area contributed by atoms with E-state index in [0.717, 1.165) is 11.4 Å². The van der Waals surface area contributed by atoms with Gasteiger partial charge < -0.3 is 5.32 Å². The first-order valence-electron chi connectivity index (χ1n) is 6.44. The fourth-order valence-corrected chi connectivity index (χ4v) is 1.68. The van der Waals surface area contributed by atoms with Crippen molar-refractivity contribution in [2.45, 2.75) is 53.0 Å². The fraction of sp³-hybridized carbons (Fsp3) is 0.600. The van der Waals surface area contributed by atoms with Gasteiger partial charge in [-0.05, 0) is 12.8 Å². The molecule has 0 fully saturated rings. The van der Waals surface area contributed by atoms with Crippen molar-refractivity contribution in [3.8, 4) is 12.3 Å². The van der Waals surface area contributed by atoms with E-state index in [1.807, 2.05) is 6.92 Å². The molecule has 0 aliphatic carbocycles. The molecule has 0 bridgehead atoms. The van der Waals surface area contributed by atoms with E-state index in [4.69, 9.17) is 18.0 Å². The SMILES string of the molecule is C#CC(Nc1nc(C(C)(C)C)nc(Cl)c1C)C(C)C. The highest BCUT2D eigenvalue weighted by atomic mass is 35.5. The average molecular weight is 280 g/mol. The largest absolute Gasteiger partial charge is 0.356 e.